The van der Waals surface area contributed by atoms with Crippen LogP contribution < -0.4 is 14.4 Å². The second-order valence-corrected chi connectivity index (χ2v) is 9.57. The average Bonchev–Trinajstić information content (AvgIpc) is 3.66. The van der Waals surface area contributed by atoms with E-state index < -0.39 is 0 Å². The van der Waals surface area contributed by atoms with Gasteiger partial charge in [0, 0.05) is 54.5 Å². The van der Waals surface area contributed by atoms with Crippen molar-refractivity contribution in [2.75, 3.05) is 38.3 Å². The molecule has 0 radical (unpaired) electrons. The highest BCUT2D eigenvalue weighted by atomic mass is 19.1. The number of nitrogens with zero attached hydrogens (tertiary/aromatic N) is 3. The van der Waals surface area contributed by atoms with Crippen molar-refractivity contribution < 1.29 is 18.7 Å². The van der Waals surface area contributed by atoms with Crippen molar-refractivity contribution in [2.24, 2.45) is 11.8 Å². The molecule has 176 valence electrons. The molecule has 3 aromatic rings. The van der Waals surface area contributed by atoms with Crippen molar-refractivity contribution in [1.82, 2.24) is 9.88 Å². The maximum atomic E-state index is 14.3. The molecule has 34 heavy (non-hydrogen) atoms. The number of aromatic nitrogens is 1. The highest BCUT2D eigenvalue weighted by Crippen LogP contribution is 2.44. The lowest BCUT2D eigenvalue weighted by Crippen LogP contribution is -2.56. The molecule has 1 aromatic heterocycles. The summed E-state index contributed by atoms with van der Waals surface area (Å²) in [5, 5.41) is 1.40. The van der Waals surface area contributed by atoms with Crippen molar-refractivity contribution >= 4 is 22.4 Å². The number of hydrogen-bond donors (Lipinski definition) is 0. The van der Waals surface area contributed by atoms with Crippen LogP contribution in [-0.2, 0) is 4.79 Å². The summed E-state index contributed by atoms with van der Waals surface area (Å²) in [6.45, 7) is 2.78. The molecule has 1 amide bonds. The van der Waals surface area contributed by atoms with E-state index in [1.54, 1.807) is 19.4 Å². The number of hydrogen-bond acceptors (Lipinski definition) is 5. The summed E-state index contributed by atoms with van der Waals surface area (Å²) in [5.41, 5.74) is 1.92. The van der Waals surface area contributed by atoms with Crippen LogP contribution in [0.1, 0.15) is 30.9 Å². The lowest BCUT2D eigenvalue weighted by Gasteiger charge is -2.46. The summed E-state index contributed by atoms with van der Waals surface area (Å²) in [6.07, 6.45) is 4.95. The summed E-state index contributed by atoms with van der Waals surface area (Å²) in [5.74, 6) is 1.81. The Hall–Kier alpha value is -3.19. The Labute approximate surface area is 198 Å². The molecule has 0 spiro atoms. The molecular weight excluding hydrogens is 433 g/mol. The Bertz CT molecular complexity index is 1220. The molecule has 1 saturated carbocycles. The topological polar surface area (TPSA) is 54.9 Å². The van der Waals surface area contributed by atoms with E-state index in [1.165, 1.54) is 18.9 Å². The molecule has 3 aliphatic rings. The van der Waals surface area contributed by atoms with Crippen LogP contribution in [0.5, 0.6) is 11.6 Å². The van der Waals surface area contributed by atoms with Crippen LogP contribution in [0.3, 0.4) is 0 Å². The molecule has 1 unspecified atom stereocenters. The largest absolute Gasteiger partial charge is 0.493 e. The number of benzene rings is 2. The number of ether oxygens (including phenoxy) is 2. The normalized spacial score (nSPS) is 20.4. The number of fused-ring (bicyclic) bond motifs is 3. The highest BCUT2D eigenvalue weighted by molar-refractivity contribution is 5.96. The first-order valence-corrected chi connectivity index (χ1v) is 12.0. The van der Waals surface area contributed by atoms with Gasteiger partial charge in [0.05, 0.1) is 31.5 Å². The smallest absolute Gasteiger partial charge is 0.232 e. The van der Waals surface area contributed by atoms with Gasteiger partial charge in [-0.05, 0) is 30.9 Å². The molecule has 0 N–H and O–H groups in total. The van der Waals surface area contributed by atoms with E-state index in [0.29, 0.717) is 23.8 Å². The SMILES string of the molecule is COc1ccc(N(CC2CC2)C(=O)C2CN(C3CCOc4c3ccc3c(F)cccc43)C2)cn1. The minimum Gasteiger partial charge on any atom is -0.493 e. The van der Waals surface area contributed by atoms with E-state index in [0.717, 1.165) is 48.4 Å². The van der Waals surface area contributed by atoms with Gasteiger partial charge >= 0.3 is 0 Å². The number of amides is 1. The number of methoxy groups -OCH3 is 1. The molecule has 1 atom stereocenters. The van der Waals surface area contributed by atoms with Crippen LogP contribution in [0.2, 0.25) is 0 Å². The van der Waals surface area contributed by atoms with Gasteiger partial charge in [0.1, 0.15) is 11.6 Å². The number of likely N-dealkylation sites (tertiary alicyclic amines) is 1. The van der Waals surface area contributed by atoms with Crippen LogP contribution in [0.25, 0.3) is 10.8 Å². The number of halogens is 1. The maximum Gasteiger partial charge on any atom is 0.232 e. The molecule has 1 aliphatic carbocycles. The summed E-state index contributed by atoms with van der Waals surface area (Å²) in [4.78, 5) is 22.1. The van der Waals surface area contributed by atoms with E-state index in [2.05, 4.69) is 9.88 Å². The van der Waals surface area contributed by atoms with Crippen molar-refractivity contribution in [3.63, 3.8) is 0 Å². The summed E-state index contributed by atoms with van der Waals surface area (Å²) >= 11 is 0. The second-order valence-electron chi connectivity index (χ2n) is 9.57. The zero-order valence-electron chi connectivity index (χ0n) is 19.2. The summed E-state index contributed by atoms with van der Waals surface area (Å²) < 4.78 is 25.4. The third-order valence-corrected chi connectivity index (χ3v) is 7.33. The van der Waals surface area contributed by atoms with Gasteiger partial charge < -0.3 is 14.4 Å². The molecule has 2 aliphatic heterocycles. The van der Waals surface area contributed by atoms with Crippen molar-refractivity contribution in [2.45, 2.75) is 25.3 Å². The van der Waals surface area contributed by atoms with Gasteiger partial charge in [0.15, 0.2) is 0 Å². The molecule has 1 saturated heterocycles. The number of rotatable bonds is 6. The molecule has 0 bridgehead atoms. The fourth-order valence-electron chi connectivity index (χ4n) is 5.22. The van der Waals surface area contributed by atoms with Gasteiger partial charge in [0.25, 0.3) is 0 Å². The molecule has 6 nitrogen and oxygen atoms in total. The van der Waals surface area contributed by atoms with E-state index >= 15 is 0 Å². The number of carbonyl (C=O) groups excluding carboxylic acids is 1. The third kappa shape index (κ3) is 3.78. The lowest BCUT2D eigenvalue weighted by atomic mass is 9.89. The minimum atomic E-state index is -0.232. The molecular formula is C27H28FN3O3. The fraction of sp³-hybridized carbons (Fsp3) is 0.407. The van der Waals surface area contributed by atoms with Crippen molar-refractivity contribution in [3.05, 3.63) is 60.0 Å². The highest BCUT2D eigenvalue weighted by Gasteiger charge is 2.42. The Morgan fingerprint density at radius 1 is 1.15 bits per heavy atom. The molecule has 2 fully saturated rings. The molecule has 3 heterocycles. The van der Waals surface area contributed by atoms with Gasteiger partial charge in [-0.1, -0.05) is 24.3 Å². The van der Waals surface area contributed by atoms with Crippen LogP contribution in [0.4, 0.5) is 10.1 Å². The zero-order valence-corrected chi connectivity index (χ0v) is 19.2. The van der Waals surface area contributed by atoms with Gasteiger partial charge in [-0.2, -0.15) is 0 Å². The number of carbonyl (C=O) groups is 1. The van der Waals surface area contributed by atoms with Gasteiger partial charge in [-0.3, -0.25) is 9.69 Å². The molecule has 2 aromatic carbocycles. The number of anilines is 1. The quantitative estimate of drug-likeness (QED) is 0.538. The first kappa shape index (κ1) is 21.4. The predicted octanol–water partition coefficient (Wildman–Crippen LogP) is 4.58. The lowest BCUT2D eigenvalue weighted by molar-refractivity contribution is -0.129. The van der Waals surface area contributed by atoms with E-state index in [-0.39, 0.29) is 23.7 Å². The van der Waals surface area contributed by atoms with E-state index in [9.17, 15) is 9.18 Å². The third-order valence-electron chi connectivity index (χ3n) is 7.33. The number of pyridine rings is 1. The van der Waals surface area contributed by atoms with Crippen molar-refractivity contribution in [3.8, 4) is 11.6 Å². The Morgan fingerprint density at radius 2 is 2.00 bits per heavy atom. The summed E-state index contributed by atoms with van der Waals surface area (Å²) in [7, 11) is 1.59. The van der Waals surface area contributed by atoms with E-state index in [4.69, 9.17) is 9.47 Å². The van der Waals surface area contributed by atoms with Crippen LogP contribution in [0, 0.1) is 17.7 Å². The standard InChI is InChI=1S/C27H28FN3O3/c1-33-25-10-7-19(13-29-25)31(14-17-5-6-17)27(32)18-15-30(16-18)24-11-12-34-26-21-3-2-4-23(28)20(21)8-9-22(24)26/h2-4,7-10,13,17-18,24H,5-6,11-12,14-16H2,1H3. The molecule has 6 rings (SSSR count). The first-order valence-electron chi connectivity index (χ1n) is 12.0. The zero-order chi connectivity index (χ0) is 23.2. The van der Waals surface area contributed by atoms with Crippen LogP contribution in [0.15, 0.2) is 48.7 Å². The first-order chi connectivity index (χ1) is 16.6. The Kier molecular flexibility index (Phi) is 5.37. The van der Waals surface area contributed by atoms with E-state index in [1.807, 2.05) is 35.2 Å². The average molecular weight is 462 g/mol. The Morgan fingerprint density at radius 3 is 2.74 bits per heavy atom. The molecule has 7 heteroatoms. The second kappa shape index (κ2) is 8.55. The summed E-state index contributed by atoms with van der Waals surface area (Å²) in [6, 6.07) is 12.9. The predicted molar refractivity (Wildman–Crippen MR) is 128 cm³/mol. The van der Waals surface area contributed by atoms with Crippen molar-refractivity contribution in [1.29, 1.82) is 0 Å². The monoisotopic (exact) mass is 461 g/mol. The van der Waals surface area contributed by atoms with Crippen LogP contribution in [-0.4, -0.2) is 49.1 Å². The van der Waals surface area contributed by atoms with Gasteiger partial charge in [-0.25, -0.2) is 9.37 Å². The maximum absolute atomic E-state index is 14.3. The van der Waals surface area contributed by atoms with Crippen LogP contribution >= 0.6 is 0 Å². The van der Waals surface area contributed by atoms with Gasteiger partial charge in [0.2, 0.25) is 11.8 Å². The van der Waals surface area contributed by atoms with Gasteiger partial charge in [-0.15, -0.1) is 0 Å². The fourth-order valence-corrected chi connectivity index (χ4v) is 5.22. The minimum absolute atomic E-state index is 0.0370. The Balaban J connectivity index is 1.19.